The second-order valence-electron chi connectivity index (χ2n) is 5.71. The van der Waals surface area contributed by atoms with Gasteiger partial charge in [-0.05, 0) is 46.7 Å². The second-order valence-corrected chi connectivity index (χ2v) is 7.63. The summed E-state index contributed by atoms with van der Waals surface area (Å²) in [5.74, 6) is -0.974. The number of ether oxygens (including phenoxy) is 1. The molecule has 2 heterocycles. The van der Waals surface area contributed by atoms with Crippen molar-refractivity contribution in [3.8, 4) is 6.07 Å². The smallest absolute Gasteiger partial charge is 0.340 e. The lowest BCUT2D eigenvalue weighted by Crippen LogP contribution is -2.21. The van der Waals surface area contributed by atoms with E-state index in [0.29, 0.717) is 17.7 Å². The average Bonchev–Trinajstić information content (AvgIpc) is 3.40. The highest BCUT2D eigenvalue weighted by Crippen LogP contribution is 2.25. The van der Waals surface area contributed by atoms with Gasteiger partial charge in [-0.15, -0.1) is 22.7 Å². The summed E-state index contributed by atoms with van der Waals surface area (Å²) in [7, 11) is 0. The molecule has 1 aromatic carbocycles. The van der Waals surface area contributed by atoms with Crippen molar-refractivity contribution in [2.75, 3.05) is 11.9 Å². The molecule has 0 bridgehead atoms. The van der Waals surface area contributed by atoms with E-state index in [4.69, 9.17) is 10.00 Å². The van der Waals surface area contributed by atoms with E-state index in [9.17, 15) is 9.59 Å². The van der Waals surface area contributed by atoms with Gasteiger partial charge in [0.2, 0.25) is 0 Å². The largest absolute Gasteiger partial charge is 0.452 e. The highest BCUT2D eigenvalue weighted by molar-refractivity contribution is 7.12. The molecule has 1 amide bonds. The van der Waals surface area contributed by atoms with Crippen LogP contribution >= 0.6 is 22.7 Å². The third-order valence-electron chi connectivity index (χ3n) is 3.69. The molecule has 28 heavy (non-hydrogen) atoms. The molecule has 0 aliphatic carbocycles. The van der Waals surface area contributed by atoms with Crippen molar-refractivity contribution in [1.29, 1.82) is 5.26 Å². The summed E-state index contributed by atoms with van der Waals surface area (Å²) in [6, 6.07) is 16.5. The summed E-state index contributed by atoms with van der Waals surface area (Å²) in [6.45, 7) is -0.383. The molecule has 2 aromatic heterocycles. The van der Waals surface area contributed by atoms with Gasteiger partial charge in [-0.25, -0.2) is 4.79 Å². The summed E-state index contributed by atoms with van der Waals surface area (Å²) in [5.41, 5.74) is 1.87. The summed E-state index contributed by atoms with van der Waals surface area (Å²) in [4.78, 5) is 26.4. The van der Waals surface area contributed by atoms with Gasteiger partial charge in [0.1, 0.15) is 0 Å². The number of nitrogens with one attached hydrogen (secondary N) is 1. The first-order valence-corrected chi connectivity index (χ1v) is 10.1. The van der Waals surface area contributed by atoms with E-state index < -0.39 is 11.9 Å². The summed E-state index contributed by atoms with van der Waals surface area (Å²) >= 11 is 2.95. The third kappa shape index (κ3) is 5.39. The number of hydrogen-bond donors (Lipinski definition) is 1. The van der Waals surface area contributed by atoms with Crippen molar-refractivity contribution in [1.82, 2.24) is 0 Å². The van der Waals surface area contributed by atoms with E-state index in [1.165, 1.54) is 22.7 Å². The molecule has 1 N–H and O–H groups in total. The first-order chi connectivity index (χ1) is 13.7. The Morgan fingerprint density at radius 3 is 2.46 bits per heavy atom. The van der Waals surface area contributed by atoms with Crippen LogP contribution in [-0.4, -0.2) is 18.5 Å². The molecule has 0 fully saturated rings. The lowest BCUT2D eigenvalue weighted by atomic mass is 10.1. The number of rotatable bonds is 7. The fraction of sp³-hybridized carbons (Fsp3) is 0.0952. The first-order valence-electron chi connectivity index (χ1n) is 8.37. The molecular weight excluding hydrogens is 392 g/mol. The van der Waals surface area contributed by atoms with E-state index in [0.717, 1.165) is 15.3 Å². The number of anilines is 1. The van der Waals surface area contributed by atoms with Gasteiger partial charge in [0.05, 0.1) is 18.1 Å². The van der Waals surface area contributed by atoms with E-state index in [1.807, 2.05) is 35.0 Å². The molecule has 0 saturated heterocycles. The molecule has 3 aromatic rings. The van der Waals surface area contributed by atoms with Gasteiger partial charge in [-0.3, -0.25) is 4.79 Å². The Labute approximate surface area is 170 Å². The molecule has 140 valence electrons. The molecule has 3 rings (SSSR count). The lowest BCUT2D eigenvalue weighted by Gasteiger charge is -2.08. The Hall–Kier alpha value is -3.21. The number of thiophene rings is 2. The van der Waals surface area contributed by atoms with Crippen LogP contribution in [0.4, 0.5) is 5.69 Å². The van der Waals surface area contributed by atoms with Crippen molar-refractivity contribution in [3.05, 3.63) is 74.6 Å². The predicted octanol–water partition coefficient (Wildman–Crippen LogP) is 4.60. The number of amides is 1. The van der Waals surface area contributed by atoms with Crippen molar-refractivity contribution < 1.29 is 14.3 Å². The Morgan fingerprint density at radius 2 is 1.82 bits per heavy atom. The summed E-state index contributed by atoms with van der Waals surface area (Å²) in [5, 5.41) is 15.2. The van der Waals surface area contributed by atoms with Crippen LogP contribution < -0.4 is 5.32 Å². The monoisotopic (exact) mass is 408 g/mol. The highest BCUT2D eigenvalue weighted by Gasteiger charge is 2.17. The van der Waals surface area contributed by atoms with Crippen molar-refractivity contribution in [2.24, 2.45) is 0 Å². The SMILES string of the molecule is N#CCc1ccc(NC(=O)COC(=O)/C(=C/c2cccs2)c2cccs2)cc1. The minimum atomic E-state index is -0.546. The van der Waals surface area contributed by atoms with Crippen LogP contribution in [0.1, 0.15) is 15.3 Å². The van der Waals surface area contributed by atoms with E-state index >= 15 is 0 Å². The lowest BCUT2D eigenvalue weighted by molar-refractivity contribution is -0.141. The van der Waals surface area contributed by atoms with Gasteiger partial charge in [-0.1, -0.05) is 24.3 Å². The van der Waals surface area contributed by atoms with Crippen molar-refractivity contribution >= 4 is 51.9 Å². The minimum Gasteiger partial charge on any atom is -0.452 e. The van der Waals surface area contributed by atoms with Gasteiger partial charge >= 0.3 is 5.97 Å². The maximum Gasteiger partial charge on any atom is 0.340 e. The summed E-state index contributed by atoms with van der Waals surface area (Å²) < 4.78 is 5.22. The maximum atomic E-state index is 12.6. The molecule has 0 atom stereocenters. The Morgan fingerprint density at radius 1 is 1.07 bits per heavy atom. The van der Waals surface area contributed by atoms with Gasteiger partial charge in [-0.2, -0.15) is 5.26 Å². The minimum absolute atomic E-state index is 0.313. The molecular formula is C21H16N2O3S2. The number of carbonyl (C=O) groups is 2. The Bertz CT molecular complexity index is 999. The standard InChI is InChI=1S/C21H16N2O3S2/c22-10-9-15-5-7-16(8-6-15)23-20(24)14-26-21(25)18(19-4-2-12-28-19)13-17-3-1-11-27-17/h1-8,11-13H,9,14H2,(H,23,24)/b18-13+. The molecule has 0 radical (unpaired) electrons. The van der Waals surface area contributed by atoms with Crippen LogP contribution in [0.5, 0.6) is 0 Å². The van der Waals surface area contributed by atoms with Crippen LogP contribution in [0.2, 0.25) is 0 Å². The van der Waals surface area contributed by atoms with E-state index in [-0.39, 0.29) is 6.61 Å². The molecule has 0 aliphatic rings. The van der Waals surface area contributed by atoms with Crippen molar-refractivity contribution in [2.45, 2.75) is 6.42 Å². The molecule has 0 saturated carbocycles. The van der Waals surface area contributed by atoms with Gasteiger partial charge < -0.3 is 10.1 Å². The molecule has 7 heteroatoms. The summed E-state index contributed by atoms with van der Waals surface area (Å²) in [6.07, 6.45) is 2.08. The van der Waals surface area contributed by atoms with Crippen LogP contribution in [0.25, 0.3) is 11.6 Å². The quantitative estimate of drug-likeness (QED) is 0.458. The fourth-order valence-electron chi connectivity index (χ4n) is 2.38. The zero-order valence-electron chi connectivity index (χ0n) is 14.8. The molecule has 0 spiro atoms. The van der Waals surface area contributed by atoms with Gasteiger partial charge in [0.15, 0.2) is 6.61 Å². The third-order valence-corrected chi connectivity index (χ3v) is 5.41. The Kier molecular flexibility index (Phi) is 6.73. The number of benzene rings is 1. The zero-order valence-corrected chi connectivity index (χ0v) is 16.4. The normalized spacial score (nSPS) is 10.9. The highest BCUT2D eigenvalue weighted by atomic mass is 32.1. The van der Waals surface area contributed by atoms with Crippen LogP contribution in [0.15, 0.2) is 59.3 Å². The average molecular weight is 409 g/mol. The Balaban J connectivity index is 1.61. The number of hydrogen-bond acceptors (Lipinski definition) is 6. The molecule has 0 unspecified atom stereocenters. The number of carbonyl (C=O) groups excluding carboxylic acids is 2. The predicted molar refractivity (Wildman–Crippen MR) is 112 cm³/mol. The van der Waals surface area contributed by atoms with Crippen molar-refractivity contribution in [3.63, 3.8) is 0 Å². The van der Waals surface area contributed by atoms with E-state index in [1.54, 1.807) is 30.3 Å². The number of nitrogens with zero attached hydrogens (tertiary/aromatic N) is 1. The second kappa shape index (κ2) is 9.65. The van der Waals surface area contributed by atoms with Gasteiger partial charge in [0.25, 0.3) is 5.91 Å². The van der Waals surface area contributed by atoms with Gasteiger partial charge in [0, 0.05) is 15.4 Å². The topological polar surface area (TPSA) is 79.2 Å². The van der Waals surface area contributed by atoms with Crippen LogP contribution in [0.3, 0.4) is 0 Å². The number of nitriles is 1. The maximum absolute atomic E-state index is 12.6. The zero-order chi connectivity index (χ0) is 19.8. The van der Waals surface area contributed by atoms with Crippen LogP contribution in [0, 0.1) is 11.3 Å². The van der Waals surface area contributed by atoms with Crippen LogP contribution in [-0.2, 0) is 20.7 Å². The molecule has 0 aliphatic heterocycles. The molecule has 5 nitrogen and oxygen atoms in total. The number of esters is 1. The first kappa shape index (κ1) is 19.5. The van der Waals surface area contributed by atoms with E-state index in [2.05, 4.69) is 11.4 Å². The fourth-order valence-corrected chi connectivity index (χ4v) is 3.77.